The van der Waals surface area contributed by atoms with Crippen LogP contribution in [0.5, 0.6) is 0 Å². The third-order valence-electron chi connectivity index (χ3n) is 1.14. The fourth-order valence-electron chi connectivity index (χ4n) is 0.659. The van der Waals surface area contributed by atoms with E-state index in [0.717, 1.165) is 15.9 Å². The van der Waals surface area contributed by atoms with Gasteiger partial charge < -0.3 is 0 Å². The van der Waals surface area contributed by atoms with Gasteiger partial charge in [0, 0.05) is 16.4 Å². The van der Waals surface area contributed by atoms with Crippen LogP contribution in [-0.4, -0.2) is 10.7 Å². The summed E-state index contributed by atoms with van der Waals surface area (Å²) in [4.78, 5) is 4.15. The first-order valence-electron chi connectivity index (χ1n) is 3.22. The molecule has 0 atom stereocenters. The molecular formula is C8H8BrNS. The van der Waals surface area contributed by atoms with Gasteiger partial charge in [0.15, 0.2) is 0 Å². The Balaban J connectivity index is 2.73. The molecule has 0 saturated carbocycles. The molecule has 0 aromatic carbocycles. The van der Waals surface area contributed by atoms with E-state index in [1.165, 1.54) is 0 Å². The van der Waals surface area contributed by atoms with Gasteiger partial charge in [-0.1, -0.05) is 6.08 Å². The topological polar surface area (TPSA) is 12.9 Å². The van der Waals surface area contributed by atoms with Crippen LogP contribution in [0.2, 0.25) is 0 Å². The van der Waals surface area contributed by atoms with E-state index in [0.29, 0.717) is 0 Å². The van der Waals surface area contributed by atoms with Gasteiger partial charge in [-0.05, 0) is 34.1 Å². The molecule has 0 aliphatic carbocycles. The first-order chi connectivity index (χ1) is 5.33. The number of aromatic nitrogens is 1. The monoisotopic (exact) mass is 229 g/mol. The lowest BCUT2D eigenvalue weighted by atomic mass is 10.3. The van der Waals surface area contributed by atoms with E-state index in [4.69, 9.17) is 0 Å². The van der Waals surface area contributed by atoms with Crippen LogP contribution in [0.15, 0.2) is 28.9 Å². The van der Waals surface area contributed by atoms with Gasteiger partial charge in [0.2, 0.25) is 0 Å². The lowest BCUT2D eigenvalue weighted by molar-refractivity contribution is 1.28. The summed E-state index contributed by atoms with van der Waals surface area (Å²) < 4.78 is 1.00. The average Bonchev–Trinajstić information content (AvgIpc) is 2.04. The highest BCUT2D eigenvalue weighted by atomic mass is 79.9. The summed E-state index contributed by atoms with van der Waals surface area (Å²) >= 11 is 7.36. The Morgan fingerprint density at radius 2 is 2.36 bits per heavy atom. The Bertz CT molecular complexity index is 243. The summed E-state index contributed by atoms with van der Waals surface area (Å²) in [5, 5.41) is 0. The standard InChI is InChI=1S/C8H8BrNS/c9-7-3-4-8(10-6-7)2-1-5-11/h1-4,6,11H,5H2. The van der Waals surface area contributed by atoms with Gasteiger partial charge in [-0.15, -0.1) is 0 Å². The minimum atomic E-state index is 0.748. The van der Waals surface area contributed by atoms with Crippen LogP contribution in [0.25, 0.3) is 6.08 Å². The van der Waals surface area contributed by atoms with Crippen LogP contribution in [-0.2, 0) is 0 Å². The Kier molecular flexibility index (Phi) is 3.66. The van der Waals surface area contributed by atoms with E-state index in [1.807, 2.05) is 24.3 Å². The van der Waals surface area contributed by atoms with Crippen molar-refractivity contribution in [3.05, 3.63) is 34.6 Å². The number of halogens is 1. The van der Waals surface area contributed by atoms with E-state index in [1.54, 1.807) is 6.20 Å². The number of rotatable bonds is 2. The van der Waals surface area contributed by atoms with E-state index >= 15 is 0 Å². The average molecular weight is 230 g/mol. The highest BCUT2D eigenvalue weighted by Crippen LogP contribution is 2.08. The molecule has 0 aliphatic rings. The molecule has 0 N–H and O–H groups in total. The van der Waals surface area contributed by atoms with E-state index in [9.17, 15) is 0 Å². The zero-order valence-electron chi connectivity index (χ0n) is 5.87. The Labute approximate surface area is 80.1 Å². The molecule has 11 heavy (non-hydrogen) atoms. The fraction of sp³-hybridized carbons (Fsp3) is 0.125. The summed E-state index contributed by atoms with van der Waals surface area (Å²) in [7, 11) is 0. The second-order valence-corrected chi connectivity index (χ2v) is 3.27. The molecular weight excluding hydrogens is 222 g/mol. The first kappa shape index (κ1) is 8.81. The number of hydrogen-bond donors (Lipinski definition) is 1. The molecule has 0 radical (unpaired) electrons. The molecule has 0 spiro atoms. The third-order valence-corrected chi connectivity index (χ3v) is 1.82. The first-order valence-corrected chi connectivity index (χ1v) is 4.64. The molecule has 1 nitrogen and oxygen atoms in total. The molecule has 1 rings (SSSR count). The summed E-state index contributed by atoms with van der Waals surface area (Å²) in [5.41, 5.74) is 0.960. The van der Waals surface area contributed by atoms with Gasteiger partial charge in [-0.3, -0.25) is 4.98 Å². The number of pyridine rings is 1. The predicted molar refractivity (Wildman–Crippen MR) is 54.8 cm³/mol. The van der Waals surface area contributed by atoms with Crippen molar-refractivity contribution in [2.75, 3.05) is 5.75 Å². The van der Waals surface area contributed by atoms with Crippen LogP contribution in [0.3, 0.4) is 0 Å². The van der Waals surface area contributed by atoms with Gasteiger partial charge >= 0.3 is 0 Å². The van der Waals surface area contributed by atoms with Crippen molar-refractivity contribution in [2.45, 2.75) is 0 Å². The fourth-order valence-corrected chi connectivity index (χ4v) is 0.999. The van der Waals surface area contributed by atoms with Crippen LogP contribution >= 0.6 is 28.6 Å². The number of nitrogens with zero attached hydrogens (tertiary/aromatic N) is 1. The lowest BCUT2D eigenvalue weighted by Crippen LogP contribution is -1.78. The quantitative estimate of drug-likeness (QED) is 0.771. The SMILES string of the molecule is SCC=Cc1ccc(Br)cn1. The van der Waals surface area contributed by atoms with Crippen LogP contribution in [0.4, 0.5) is 0 Å². The lowest BCUT2D eigenvalue weighted by Gasteiger charge is -1.91. The highest BCUT2D eigenvalue weighted by molar-refractivity contribution is 9.10. The van der Waals surface area contributed by atoms with Gasteiger partial charge in [0.1, 0.15) is 0 Å². The maximum absolute atomic E-state index is 4.15. The minimum Gasteiger partial charge on any atom is -0.256 e. The predicted octanol–water partition coefficient (Wildman–Crippen LogP) is 2.79. The molecule has 3 heteroatoms. The van der Waals surface area contributed by atoms with Crippen LogP contribution in [0.1, 0.15) is 5.69 Å². The number of thiol groups is 1. The second kappa shape index (κ2) is 4.57. The largest absolute Gasteiger partial charge is 0.256 e. The smallest absolute Gasteiger partial charge is 0.0627 e. The molecule has 0 aliphatic heterocycles. The molecule has 0 unspecified atom stereocenters. The Morgan fingerprint density at radius 3 is 2.91 bits per heavy atom. The van der Waals surface area contributed by atoms with E-state index < -0.39 is 0 Å². The van der Waals surface area contributed by atoms with E-state index in [2.05, 4.69) is 33.5 Å². The molecule has 1 aromatic rings. The maximum Gasteiger partial charge on any atom is 0.0627 e. The molecule has 0 amide bonds. The third kappa shape index (κ3) is 3.08. The maximum atomic E-state index is 4.15. The van der Waals surface area contributed by atoms with Crippen molar-refractivity contribution in [1.82, 2.24) is 4.98 Å². The molecule has 0 saturated heterocycles. The van der Waals surface area contributed by atoms with Gasteiger partial charge in [-0.25, -0.2) is 0 Å². The van der Waals surface area contributed by atoms with Crippen molar-refractivity contribution in [3.8, 4) is 0 Å². The zero-order valence-corrected chi connectivity index (χ0v) is 8.35. The van der Waals surface area contributed by atoms with Crippen molar-refractivity contribution in [3.63, 3.8) is 0 Å². The van der Waals surface area contributed by atoms with Crippen molar-refractivity contribution in [1.29, 1.82) is 0 Å². The van der Waals surface area contributed by atoms with Crippen LogP contribution < -0.4 is 0 Å². The zero-order chi connectivity index (χ0) is 8.10. The van der Waals surface area contributed by atoms with Crippen molar-refractivity contribution < 1.29 is 0 Å². The molecule has 0 bridgehead atoms. The Morgan fingerprint density at radius 1 is 1.55 bits per heavy atom. The van der Waals surface area contributed by atoms with Gasteiger partial charge in [-0.2, -0.15) is 12.6 Å². The van der Waals surface area contributed by atoms with Gasteiger partial charge in [0.25, 0.3) is 0 Å². The summed E-state index contributed by atoms with van der Waals surface area (Å²) in [5.74, 6) is 0.748. The number of hydrogen-bond acceptors (Lipinski definition) is 2. The molecule has 0 fully saturated rings. The second-order valence-electron chi connectivity index (χ2n) is 1.99. The Hall–Kier alpha value is -0.280. The molecule has 1 aromatic heterocycles. The summed E-state index contributed by atoms with van der Waals surface area (Å²) in [6.45, 7) is 0. The molecule has 58 valence electrons. The van der Waals surface area contributed by atoms with Crippen molar-refractivity contribution in [2.24, 2.45) is 0 Å². The van der Waals surface area contributed by atoms with Crippen molar-refractivity contribution >= 4 is 34.6 Å². The van der Waals surface area contributed by atoms with Gasteiger partial charge in [0.05, 0.1) is 5.69 Å². The van der Waals surface area contributed by atoms with Crippen LogP contribution in [0, 0.1) is 0 Å². The summed E-state index contributed by atoms with van der Waals surface area (Å²) in [6.07, 6.45) is 5.68. The van der Waals surface area contributed by atoms with E-state index in [-0.39, 0.29) is 0 Å². The molecule has 1 heterocycles. The summed E-state index contributed by atoms with van der Waals surface area (Å²) in [6, 6.07) is 3.91. The minimum absolute atomic E-state index is 0.748. The normalized spacial score (nSPS) is 10.7. The highest BCUT2D eigenvalue weighted by Gasteiger charge is 1.86.